The zero-order chi connectivity index (χ0) is 18.0. The first kappa shape index (κ1) is 17.4. The van der Waals surface area contributed by atoms with Crippen LogP contribution in [0.2, 0.25) is 0 Å². The molecule has 0 unspecified atom stereocenters. The molecule has 1 amide bonds. The summed E-state index contributed by atoms with van der Waals surface area (Å²) in [5.74, 6) is -0.595. The molecular formula is C13H13N5O5S. The maximum atomic E-state index is 12.2. The first-order valence-electron chi connectivity index (χ1n) is 6.79. The van der Waals surface area contributed by atoms with Crippen molar-refractivity contribution >= 4 is 33.8 Å². The smallest absolute Gasteiger partial charge is 0.279 e. The summed E-state index contributed by atoms with van der Waals surface area (Å²) < 4.78 is 0. The third kappa shape index (κ3) is 3.51. The Labute approximate surface area is 139 Å². The molecule has 10 nitrogen and oxygen atoms in total. The highest BCUT2D eigenvalue weighted by Crippen LogP contribution is 2.30. The number of rotatable bonds is 5. The highest BCUT2D eigenvalue weighted by atomic mass is 32.1. The Morgan fingerprint density at radius 1 is 1.17 bits per heavy atom. The predicted octanol–water partition coefficient (Wildman–Crippen LogP) is 3.04. The lowest BCUT2D eigenvalue weighted by Gasteiger charge is -2.04. The van der Waals surface area contributed by atoms with Crippen molar-refractivity contribution in [1.82, 2.24) is 10.2 Å². The van der Waals surface area contributed by atoms with E-state index in [9.17, 15) is 25.0 Å². The molecule has 0 aliphatic rings. The minimum absolute atomic E-state index is 0.112. The van der Waals surface area contributed by atoms with E-state index >= 15 is 0 Å². The molecule has 1 heterocycles. The van der Waals surface area contributed by atoms with Crippen molar-refractivity contribution in [2.75, 3.05) is 5.32 Å². The van der Waals surface area contributed by atoms with Gasteiger partial charge >= 0.3 is 0 Å². The molecular weight excluding hydrogens is 338 g/mol. The molecule has 0 aliphatic heterocycles. The highest BCUT2D eigenvalue weighted by molar-refractivity contribution is 7.15. The monoisotopic (exact) mass is 351 g/mol. The van der Waals surface area contributed by atoms with Gasteiger partial charge in [-0.15, -0.1) is 10.2 Å². The van der Waals surface area contributed by atoms with Crippen molar-refractivity contribution < 1.29 is 14.6 Å². The van der Waals surface area contributed by atoms with Crippen LogP contribution in [0.3, 0.4) is 0 Å². The van der Waals surface area contributed by atoms with Crippen LogP contribution in [0.4, 0.5) is 16.5 Å². The summed E-state index contributed by atoms with van der Waals surface area (Å²) in [5, 5.41) is 33.2. The largest absolute Gasteiger partial charge is 0.296 e. The molecule has 0 bridgehead atoms. The van der Waals surface area contributed by atoms with Gasteiger partial charge in [0.25, 0.3) is 17.3 Å². The maximum Gasteiger partial charge on any atom is 0.279 e. The number of nitrogens with zero attached hydrogens (tertiary/aromatic N) is 4. The zero-order valence-electron chi connectivity index (χ0n) is 13.0. The molecule has 0 spiro atoms. The molecule has 0 fully saturated rings. The lowest BCUT2D eigenvalue weighted by Crippen LogP contribution is -2.13. The van der Waals surface area contributed by atoms with E-state index in [1.54, 1.807) is 0 Å². The summed E-state index contributed by atoms with van der Waals surface area (Å²) >= 11 is 1.17. The van der Waals surface area contributed by atoms with Gasteiger partial charge in [-0.25, -0.2) is 0 Å². The maximum absolute atomic E-state index is 12.2. The van der Waals surface area contributed by atoms with Crippen molar-refractivity contribution in [2.45, 2.75) is 26.7 Å². The van der Waals surface area contributed by atoms with E-state index in [0.29, 0.717) is 5.01 Å². The van der Waals surface area contributed by atoms with Crippen LogP contribution < -0.4 is 5.32 Å². The lowest BCUT2D eigenvalue weighted by atomic mass is 10.1. The minimum atomic E-state index is -0.763. The second-order valence-corrected chi connectivity index (χ2v) is 6.22. The molecule has 11 heteroatoms. The van der Waals surface area contributed by atoms with E-state index < -0.39 is 27.1 Å². The summed E-state index contributed by atoms with van der Waals surface area (Å²) in [7, 11) is 0. The average molecular weight is 351 g/mol. The quantitative estimate of drug-likeness (QED) is 0.644. The number of nitro groups is 2. The Kier molecular flexibility index (Phi) is 4.83. The fourth-order valence-corrected chi connectivity index (χ4v) is 2.62. The van der Waals surface area contributed by atoms with Gasteiger partial charge in [-0.2, -0.15) is 0 Å². The van der Waals surface area contributed by atoms with Gasteiger partial charge in [0.05, 0.1) is 15.4 Å². The average Bonchev–Trinajstić information content (AvgIpc) is 2.95. The first-order valence-corrected chi connectivity index (χ1v) is 7.60. The highest BCUT2D eigenvalue weighted by Gasteiger charge is 2.25. The third-order valence-electron chi connectivity index (χ3n) is 3.16. The van der Waals surface area contributed by atoms with Crippen LogP contribution in [0.1, 0.15) is 40.7 Å². The van der Waals surface area contributed by atoms with E-state index in [-0.39, 0.29) is 22.2 Å². The standard InChI is InChI=1S/C13H13N5O5S/c1-6(2)12-15-16-13(24-12)14-11(19)8-4-9(17(20)21)7(3)10(5-8)18(22)23/h4-6H,1-3H3,(H,14,16,19). The Morgan fingerprint density at radius 2 is 1.71 bits per heavy atom. The molecule has 0 aliphatic carbocycles. The number of anilines is 1. The van der Waals surface area contributed by atoms with Gasteiger partial charge in [-0.1, -0.05) is 25.2 Å². The Bertz CT molecular complexity index is 797. The fourth-order valence-electron chi connectivity index (χ4n) is 1.88. The number of benzene rings is 1. The number of aromatic nitrogens is 2. The van der Waals surface area contributed by atoms with Crippen LogP contribution in [0.15, 0.2) is 12.1 Å². The predicted molar refractivity (Wildman–Crippen MR) is 86.4 cm³/mol. The number of amides is 1. The Hall–Kier alpha value is -2.95. The van der Waals surface area contributed by atoms with Gasteiger partial charge in [0, 0.05) is 18.1 Å². The van der Waals surface area contributed by atoms with Crippen molar-refractivity contribution in [3.63, 3.8) is 0 Å². The Balaban J connectivity index is 2.37. The Morgan fingerprint density at radius 3 is 2.12 bits per heavy atom. The molecule has 2 aromatic rings. The van der Waals surface area contributed by atoms with E-state index in [4.69, 9.17) is 0 Å². The van der Waals surface area contributed by atoms with E-state index in [0.717, 1.165) is 12.1 Å². The molecule has 24 heavy (non-hydrogen) atoms. The summed E-state index contributed by atoms with van der Waals surface area (Å²) in [6.07, 6.45) is 0. The van der Waals surface area contributed by atoms with Crippen LogP contribution >= 0.6 is 11.3 Å². The SMILES string of the molecule is Cc1c([N+](=O)[O-])cc(C(=O)Nc2nnc(C(C)C)s2)cc1[N+](=O)[O-]. The van der Waals surface area contributed by atoms with Crippen LogP contribution in [-0.2, 0) is 0 Å². The molecule has 2 rings (SSSR count). The first-order chi connectivity index (χ1) is 11.2. The van der Waals surface area contributed by atoms with Gasteiger partial charge < -0.3 is 0 Å². The molecule has 126 valence electrons. The third-order valence-corrected chi connectivity index (χ3v) is 4.30. The number of nitro benzene ring substituents is 2. The van der Waals surface area contributed by atoms with Crippen LogP contribution in [0.25, 0.3) is 0 Å². The molecule has 0 saturated carbocycles. The molecule has 0 saturated heterocycles. The normalized spacial score (nSPS) is 10.7. The summed E-state index contributed by atoms with van der Waals surface area (Å²) in [6, 6.07) is 2.00. The number of carbonyl (C=O) groups excluding carboxylic acids is 1. The van der Waals surface area contributed by atoms with Gasteiger partial charge in [-0.05, 0) is 6.92 Å². The van der Waals surface area contributed by atoms with Gasteiger partial charge in [0.15, 0.2) is 0 Å². The van der Waals surface area contributed by atoms with Crippen molar-refractivity contribution in [3.05, 3.63) is 48.5 Å². The van der Waals surface area contributed by atoms with E-state index in [1.807, 2.05) is 13.8 Å². The molecule has 1 aromatic carbocycles. The second-order valence-electron chi connectivity index (χ2n) is 5.21. The van der Waals surface area contributed by atoms with Gasteiger partial charge in [0.1, 0.15) is 10.6 Å². The number of nitrogens with one attached hydrogen (secondary N) is 1. The number of carbonyl (C=O) groups is 1. The topological polar surface area (TPSA) is 141 Å². The van der Waals surface area contributed by atoms with E-state index in [1.165, 1.54) is 18.3 Å². The van der Waals surface area contributed by atoms with E-state index in [2.05, 4.69) is 15.5 Å². The van der Waals surface area contributed by atoms with Crippen LogP contribution in [0.5, 0.6) is 0 Å². The molecule has 1 N–H and O–H groups in total. The summed E-state index contributed by atoms with van der Waals surface area (Å²) in [6.45, 7) is 5.09. The molecule has 0 atom stereocenters. The zero-order valence-corrected chi connectivity index (χ0v) is 13.8. The summed E-state index contributed by atoms with van der Waals surface area (Å²) in [4.78, 5) is 32.8. The molecule has 1 aromatic heterocycles. The second kappa shape index (κ2) is 6.66. The van der Waals surface area contributed by atoms with Crippen LogP contribution in [0, 0.1) is 27.2 Å². The van der Waals surface area contributed by atoms with Crippen molar-refractivity contribution in [3.8, 4) is 0 Å². The number of hydrogen-bond acceptors (Lipinski definition) is 8. The molecule has 0 radical (unpaired) electrons. The number of hydrogen-bond donors (Lipinski definition) is 1. The minimum Gasteiger partial charge on any atom is -0.296 e. The lowest BCUT2D eigenvalue weighted by molar-refractivity contribution is -0.395. The van der Waals surface area contributed by atoms with Crippen LogP contribution in [-0.4, -0.2) is 26.0 Å². The van der Waals surface area contributed by atoms with Crippen molar-refractivity contribution in [2.24, 2.45) is 0 Å². The van der Waals surface area contributed by atoms with Crippen molar-refractivity contribution in [1.29, 1.82) is 0 Å². The van der Waals surface area contributed by atoms with Gasteiger partial charge in [0.2, 0.25) is 5.13 Å². The summed E-state index contributed by atoms with van der Waals surface area (Å²) in [5.41, 5.74) is -1.29. The van der Waals surface area contributed by atoms with Gasteiger partial charge in [-0.3, -0.25) is 30.3 Å². The fraction of sp³-hybridized carbons (Fsp3) is 0.308.